The second-order valence-electron chi connectivity index (χ2n) is 4.09. The zero-order chi connectivity index (χ0) is 10.7. The van der Waals surface area contributed by atoms with Crippen LogP contribution in [0.2, 0.25) is 0 Å². The molecule has 77 valence electrons. The minimum absolute atomic E-state index is 0.0596. The van der Waals surface area contributed by atoms with Gasteiger partial charge in [0, 0.05) is 5.56 Å². The maximum Gasteiger partial charge on any atom is 0.213 e. The summed E-state index contributed by atoms with van der Waals surface area (Å²) in [5.74, 6) is -0.0596. The van der Waals surface area contributed by atoms with Crippen LogP contribution in [0.4, 0.5) is 0 Å². The Hall–Kier alpha value is -1.44. The van der Waals surface area contributed by atoms with Crippen LogP contribution in [-0.2, 0) is 4.79 Å². The van der Waals surface area contributed by atoms with Crippen molar-refractivity contribution in [3.8, 4) is 0 Å². The Balaban J connectivity index is 2.30. The molecule has 0 spiro atoms. The van der Waals surface area contributed by atoms with Crippen LogP contribution in [0.1, 0.15) is 36.0 Å². The van der Waals surface area contributed by atoms with Gasteiger partial charge in [-0.05, 0) is 12.8 Å². The summed E-state index contributed by atoms with van der Waals surface area (Å²) in [5.41, 5.74) is -0.218. The van der Waals surface area contributed by atoms with Crippen LogP contribution in [0.15, 0.2) is 30.3 Å². The maximum absolute atomic E-state index is 12.1. The normalized spacial score (nSPS) is 18.7. The number of rotatable bonds is 3. The summed E-state index contributed by atoms with van der Waals surface area (Å²) < 4.78 is 0. The Bertz CT molecular complexity index is 361. The van der Waals surface area contributed by atoms with Crippen molar-refractivity contribution in [2.45, 2.75) is 25.7 Å². The molecule has 1 fully saturated rings. The first-order chi connectivity index (χ1) is 7.28. The fourth-order valence-corrected chi connectivity index (χ4v) is 2.22. The predicted molar refractivity (Wildman–Crippen MR) is 57.4 cm³/mol. The van der Waals surface area contributed by atoms with Gasteiger partial charge in [-0.2, -0.15) is 0 Å². The monoisotopic (exact) mass is 201 g/mol. The van der Waals surface area contributed by atoms with E-state index in [1.165, 1.54) is 0 Å². The molecule has 1 aromatic rings. The highest BCUT2D eigenvalue weighted by Crippen LogP contribution is 2.38. The molecule has 2 rings (SSSR count). The second kappa shape index (κ2) is 3.97. The molecule has 1 aliphatic rings. The topological polar surface area (TPSA) is 34.1 Å². The van der Waals surface area contributed by atoms with Crippen molar-refractivity contribution in [2.24, 2.45) is 5.41 Å². The zero-order valence-electron chi connectivity index (χ0n) is 8.53. The summed E-state index contributed by atoms with van der Waals surface area (Å²) >= 11 is 0. The fraction of sp³-hybridized carbons (Fsp3) is 0.385. The third-order valence-electron chi connectivity index (χ3n) is 3.12. The second-order valence-corrected chi connectivity index (χ2v) is 4.09. The minimum Gasteiger partial charge on any atom is -0.293 e. The van der Waals surface area contributed by atoms with Gasteiger partial charge in [0.2, 0.25) is 6.29 Å². The summed E-state index contributed by atoms with van der Waals surface area (Å²) in [5, 5.41) is 0. The number of ketones is 1. The van der Waals surface area contributed by atoms with Gasteiger partial charge in [-0.25, -0.2) is 0 Å². The van der Waals surface area contributed by atoms with E-state index in [-0.39, 0.29) is 5.78 Å². The van der Waals surface area contributed by atoms with E-state index in [0.29, 0.717) is 18.4 Å². The van der Waals surface area contributed by atoms with Crippen LogP contribution < -0.4 is 0 Å². The predicted octanol–water partition coefficient (Wildman–Crippen LogP) is 2.54. The Morgan fingerprint density at radius 1 is 1.13 bits per heavy atom. The first-order valence-corrected chi connectivity index (χ1v) is 5.28. The van der Waals surface area contributed by atoms with Crippen LogP contribution >= 0.6 is 0 Å². The lowest BCUT2D eigenvalue weighted by molar-refractivity contribution is 0.0874. The number of Topliss-reactive ketones (excluding diaryl/α,β-unsaturated/α-hetero) is 1. The molecular formula is C13H13O2. The Labute approximate surface area is 89.3 Å². The van der Waals surface area contributed by atoms with E-state index in [4.69, 9.17) is 0 Å². The van der Waals surface area contributed by atoms with Crippen molar-refractivity contribution in [1.82, 2.24) is 0 Å². The summed E-state index contributed by atoms with van der Waals surface area (Å²) in [4.78, 5) is 23.1. The molecule has 1 saturated carbocycles. The molecule has 2 heteroatoms. The largest absolute Gasteiger partial charge is 0.293 e. The van der Waals surface area contributed by atoms with Crippen molar-refractivity contribution in [3.63, 3.8) is 0 Å². The van der Waals surface area contributed by atoms with Gasteiger partial charge in [0.1, 0.15) is 0 Å². The van der Waals surface area contributed by atoms with E-state index in [2.05, 4.69) is 0 Å². The lowest BCUT2D eigenvalue weighted by Crippen LogP contribution is -2.29. The van der Waals surface area contributed by atoms with Crippen molar-refractivity contribution in [3.05, 3.63) is 35.9 Å². The Kier molecular flexibility index (Phi) is 2.67. The van der Waals surface area contributed by atoms with E-state index in [9.17, 15) is 9.59 Å². The molecule has 1 radical (unpaired) electrons. The zero-order valence-corrected chi connectivity index (χ0v) is 8.53. The van der Waals surface area contributed by atoms with Gasteiger partial charge in [0.05, 0.1) is 5.41 Å². The van der Waals surface area contributed by atoms with Crippen LogP contribution in [0, 0.1) is 5.41 Å². The van der Waals surface area contributed by atoms with Gasteiger partial charge in [0.25, 0.3) is 0 Å². The molecule has 0 aromatic heterocycles. The molecule has 0 unspecified atom stereocenters. The average Bonchev–Trinajstić information content (AvgIpc) is 2.79. The van der Waals surface area contributed by atoms with Gasteiger partial charge in [0.15, 0.2) is 5.78 Å². The lowest BCUT2D eigenvalue weighted by atomic mass is 9.80. The Morgan fingerprint density at radius 2 is 1.73 bits per heavy atom. The van der Waals surface area contributed by atoms with E-state index in [1.54, 1.807) is 12.1 Å². The van der Waals surface area contributed by atoms with Crippen LogP contribution in [0.3, 0.4) is 0 Å². The van der Waals surface area contributed by atoms with E-state index < -0.39 is 5.41 Å². The first-order valence-electron chi connectivity index (χ1n) is 5.28. The van der Waals surface area contributed by atoms with Gasteiger partial charge in [-0.15, -0.1) is 0 Å². The molecule has 0 N–H and O–H groups in total. The summed E-state index contributed by atoms with van der Waals surface area (Å²) in [6.07, 6.45) is 5.19. The van der Waals surface area contributed by atoms with Crippen molar-refractivity contribution in [1.29, 1.82) is 0 Å². The molecule has 0 aliphatic heterocycles. The molecule has 0 atom stereocenters. The fourth-order valence-electron chi connectivity index (χ4n) is 2.22. The molecule has 1 aromatic carbocycles. The van der Waals surface area contributed by atoms with E-state index in [1.807, 2.05) is 24.5 Å². The average molecular weight is 201 g/mol. The molecule has 0 amide bonds. The molecule has 0 bridgehead atoms. The molecule has 1 aliphatic carbocycles. The standard InChI is InChI=1S/C13H13O2/c14-10-13(8-4-5-9-13)12(15)11-6-2-1-3-7-11/h1-3,6-7H,4-5,8-9H2. The third-order valence-corrected chi connectivity index (χ3v) is 3.12. The number of carbonyl (C=O) groups is 1. The minimum atomic E-state index is -0.846. The van der Waals surface area contributed by atoms with E-state index in [0.717, 1.165) is 12.8 Å². The molecule has 15 heavy (non-hydrogen) atoms. The van der Waals surface area contributed by atoms with Crippen molar-refractivity contribution in [2.75, 3.05) is 0 Å². The molecule has 0 saturated heterocycles. The number of hydrogen-bond donors (Lipinski definition) is 0. The highest BCUT2D eigenvalue weighted by atomic mass is 16.1. The quantitative estimate of drug-likeness (QED) is 0.556. The maximum atomic E-state index is 12.1. The van der Waals surface area contributed by atoms with Crippen LogP contribution in [-0.4, -0.2) is 12.1 Å². The summed E-state index contributed by atoms with van der Waals surface area (Å²) in [7, 11) is 0. The summed E-state index contributed by atoms with van der Waals surface area (Å²) in [6.45, 7) is 0. The van der Waals surface area contributed by atoms with Gasteiger partial charge < -0.3 is 0 Å². The number of benzene rings is 1. The lowest BCUT2D eigenvalue weighted by Gasteiger charge is -2.18. The molecular weight excluding hydrogens is 188 g/mol. The van der Waals surface area contributed by atoms with Crippen LogP contribution in [0.5, 0.6) is 0 Å². The highest BCUT2D eigenvalue weighted by Gasteiger charge is 2.42. The summed E-state index contributed by atoms with van der Waals surface area (Å²) in [6, 6.07) is 9.03. The third kappa shape index (κ3) is 1.72. The van der Waals surface area contributed by atoms with Crippen LogP contribution in [0.25, 0.3) is 0 Å². The van der Waals surface area contributed by atoms with Gasteiger partial charge in [-0.1, -0.05) is 43.2 Å². The number of carbonyl (C=O) groups excluding carboxylic acids is 2. The molecule has 2 nitrogen and oxygen atoms in total. The smallest absolute Gasteiger partial charge is 0.213 e. The highest BCUT2D eigenvalue weighted by molar-refractivity contribution is 6.09. The van der Waals surface area contributed by atoms with E-state index >= 15 is 0 Å². The molecule has 0 heterocycles. The van der Waals surface area contributed by atoms with Crippen molar-refractivity contribution < 1.29 is 9.59 Å². The van der Waals surface area contributed by atoms with Gasteiger partial charge >= 0.3 is 0 Å². The number of hydrogen-bond acceptors (Lipinski definition) is 2. The SMILES string of the molecule is O=[C]C1(C(=O)c2ccccc2)CCCC1. The van der Waals surface area contributed by atoms with Crippen molar-refractivity contribution >= 4 is 12.1 Å². The van der Waals surface area contributed by atoms with Gasteiger partial charge in [-0.3, -0.25) is 9.59 Å². The Morgan fingerprint density at radius 3 is 2.27 bits per heavy atom. The first kappa shape index (κ1) is 10.1.